The lowest BCUT2D eigenvalue weighted by Crippen LogP contribution is -2.25. The van der Waals surface area contributed by atoms with Gasteiger partial charge in [0.2, 0.25) is 0 Å². The zero-order valence-electron chi connectivity index (χ0n) is 6.05. The first-order valence-electron chi connectivity index (χ1n) is 4.10. The highest BCUT2D eigenvalue weighted by molar-refractivity contribution is 9.09. The van der Waals surface area contributed by atoms with Crippen LogP contribution in [0.3, 0.4) is 0 Å². The van der Waals surface area contributed by atoms with Gasteiger partial charge in [0.1, 0.15) is 0 Å². The molecule has 0 aromatic rings. The topological polar surface area (TPSA) is 9.23 Å². The van der Waals surface area contributed by atoms with Crippen LogP contribution in [0, 0.1) is 5.92 Å². The first kappa shape index (κ1) is 7.11. The van der Waals surface area contributed by atoms with Crippen molar-refractivity contribution in [3.8, 4) is 0 Å². The van der Waals surface area contributed by atoms with Crippen molar-refractivity contribution in [2.75, 3.05) is 5.33 Å². The van der Waals surface area contributed by atoms with Crippen molar-refractivity contribution in [1.29, 1.82) is 0 Å². The number of fused-ring (bicyclic) bond motifs is 2. The Hall–Kier alpha value is 0.440. The minimum absolute atomic E-state index is 0.612. The van der Waals surface area contributed by atoms with Crippen LogP contribution in [0.2, 0.25) is 0 Å². The van der Waals surface area contributed by atoms with Crippen molar-refractivity contribution in [3.63, 3.8) is 0 Å². The van der Waals surface area contributed by atoms with Crippen LogP contribution < -0.4 is 0 Å². The fraction of sp³-hybridized carbons (Fsp3) is 1.00. The largest absolute Gasteiger partial charge is 0.375 e. The van der Waals surface area contributed by atoms with Crippen LogP contribution in [0.15, 0.2) is 0 Å². The molecule has 2 saturated heterocycles. The van der Waals surface area contributed by atoms with E-state index in [2.05, 4.69) is 15.9 Å². The summed E-state index contributed by atoms with van der Waals surface area (Å²) in [6, 6.07) is 0. The Balaban J connectivity index is 1.96. The fourth-order valence-corrected chi connectivity index (χ4v) is 2.62. The summed E-state index contributed by atoms with van der Waals surface area (Å²) in [6.07, 6.45) is 6.44. The summed E-state index contributed by atoms with van der Waals surface area (Å²) in [7, 11) is 0. The van der Waals surface area contributed by atoms with E-state index >= 15 is 0 Å². The van der Waals surface area contributed by atoms with Crippen molar-refractivity contribution in [2.45, 2.75) is 37.9 Å². The van der Waals surface area contributed by atoms with Gasteiger partial charge < -0.3 is 4.74 Å². The fourth-order valence-electron chi connectivity index (χ4n) is 2.09. The molecule has 0 aromatic heterocycles. The summed E-state index contributed by atoms with van der Waals surface area (Å²) in [6.45, 7) is 0. The molecule has 1 nitrogen and oxygen atoms in total. The SMILES string of the molecule is BrCC1C[C@H]2CC[C@@H](C1)O2. The highest BCUT2D eigenvalue weighted by atomic mass is 79.9. The third kappa shape index (κ3) is 1.24. The second kappa shape index (κ2) is 2.82. The number of halogens is 1. The van der Waals surface area contributed by atoms with Gasteiger partial charge in [-0.05, 0) is 31.6 Å². The van der Waals surface area contributed by atoms with Gasteiger partial charge in [0.05, 0.1) is 12.2 Å². The molecule has 2 aliphatic rings. The molecule has 10 heavy (non-hydrogen) atoms. The maximum Gasteiger partial charge on any atom is 0.0582 e. The third-order valence-corrected chi connectivity index (χ3v) is 3.52. The molecule has 2 heterocycles. The summed E-state index contributed by atoms with van der Waals surface area (Å²) >= 11 is 3.54. The van der Waals surface area contributed by atoms with Gasteiger partial charge in [-0.15, -0.1) is 0 Å². The van der Waals surface area contributed by atoms with E-state index in [1.165, 1.54) is 31.0 Å². The van der Waals surface area contributed by atoms with Crippen molar-refractivity contribution < 1.29 is 4.74 Å². The summed E-state index contributed by atoms with van der Waals surface area (Å²) < 4.78 is 5.71. The number of hydrogen-bond donors (Lipinski definition) is 0. The van der Waals surface area contributed by atoms with E-state index in [1.807, 2.05) is 0 Å². The van der Waals surface area contributed by atoms with Crippen molar-refractivity contribution in [2.24, 2.45) is 5.92 Å². The van der Waals surface area contributed by atoms with Crippen molar-refractivity contribution in [3.05, 3.63) is 0 Å². The van der Waals surface area contributed by atoms with Crippen LogP contribution in [-0.2, 0) is 4.74 Å². The zero-order chi connectivity index (χ0) is 6.97. The highest BCUT2D eigenvalue weighted by Crippen LogP contribution is 2.36. The van der Waals surface area contributed by atoms with Crippen LogP contribution >= 0.6 is 15.9 Å². The number of rotatable bonds is 1. The Morgan fingerprint density at radius 1 is 1.20 bits per heavy atom. The summed E-state index contributed by atoms with van der Waals surface area (Å²) in [5.41, 5.74) is 0. The number of ether oxygens (including phenoxy) is 1. The Morgan fingerprint density at radius 3 is 2.30 bits per heavy atom. The van der Waals surface area contributed by atoms with E-state index in [0.29, 0.717) is 12.2 Å². The quantitative estimate of drug-likeness (QED) is 0.597. The predicted molar refractivity (Wildman–Crippen MR) is 44.4 cm³/mol. The minimum atomic E-state index is 0.612. The van der Waals surface area contributed by atoms with Crippen LogP contribution in [0.4, 0.5) is 0 Å². The molecule has 58 valence electrons. The first-order valence-corrected chi connectivity index (χ1v) is 5.22. The molecule has 0 N–H and O–H groups in total. The molecule has 3 atom stereocenters. The van der Waals surface area contributed by atoms with E-state index in [4.69, 9.17) is 4.74 Å². The molecule has 1 unspecified atom stereocenters. The highest BCUT2D eigenvalue weighted by Gasteiger charge is 2.34. The van der Waals surface area contributed by atoms with E-state index in [1.54, 1.807) is 0 Å². The summed E-state index contributed by atoms with van der Waals surface area (Å²) in [4.78, 5) is 0. The van der Waals surface area contributed by atoms with Crippen LogP contribution in [-0.4, -0.2) is 17.5 Å². The van der Waals surface area contributed by atoms with Crippen molar-refractivity contribution in [1.82, 2.24) is 0 Å². The molecule has 0 aromatic carbocycles. The smallest absolute Gasteiger partial charge is 0.0582 e. The maximum atomic E-state index is 5.71. The molecule has 0 spiro atoms. The van der Waals surface area contributed by atoms with Crippen LogP contribution in [0.1, 0.15) is 25.7 Å². The van der Waals surface area contributed by atoms with Crippen LogP contribution in [0.5, 0.6) is 0 Å². The summed E-state index contributed by atoms with van der Waals surface area (Å²) in [5, 5.41) is 1.17. The molecule has 2 heteroatoms. The van der Waals surface area contributed by atoms with Gasteiger partial charge in [0, 0.05) is 5.33 Å². The van der Waals surface area contributed by atoms with E-state index in [-0.39, 0.29) is 0 Å². The van der Waals surface area contributed by atoms with E-state index in [9.17, 15) is 0 Å². The second-order valence-electron chi connectivity index (χ2n) is 3.45. The van der Waals surface area contributed by atoms with Gasteiger partial charge >= 0.3 is 0 Å². The Labute approximate surface area is 70.3 Å². The zero-order valence-corrected chi connectivity index (χ0v) is 7.64. The standard InChI is InChI=1S/C8H13BrO/c9-5-6-3-7-1-2-8(4-6)10-7/h6-8H,1-5H2/t6?,7-,8+. The van der Waals surface area contributed by atoms with Crippen molar-refractivity contribution >= 4 is 15.9 Å². The lowest BCUT2D eigenvalue weighted by molar-refractivity contribution is -0.0140. The number of alkyl halides is 1. The van der Waals surface area contributed by atoms with Gasteiger partial charge in [-0.2, -0.15) is 0 Å². The molecule has 0 saturated carbocycles. The average Bonchev–Trinajstić information content (AvgIpc) is 2.30. The van der Waals surface area contributed by atoms with Gasteiger partial charge in [-0.1, -0.05) is 15.9 Å². The third-order valence-electron chi connectivity index (χ3n) is 2.61. The van der Waals surface area contributed by atoms with Crippen LogP contribution in [0.25, 0.3) is 0 Å². The van der Waals surface area contributed by atoms with Gasteiger partial charge in [-0.25, -0.2) is 0 Å². The molecule has 0 amide bonds. The second-order valence-corrected chi connectivity index (χ2v) is 4.10. The van der Waals surface area contributed by atoms with Gasteiger partial charge in [0.25, 0.3) is 0 Å². The number of hydrogen-bond acceptors (Lipinski definition) is 1. The van der Waals surface area contributed by atoms with E-state index in [0.717, 1.165) is 5.92 Å². The molecule has 2 bridgehead atoms. The Morgan fingerprint density at radius 2 is 1.80 bits per heavy atom. The molecule has 0 aliphatic carbocycles. The minimum Gasteiger partial charge on any atom is -0.375 e. The lowest BCUT2D eigenvalue weighted by Gasteiger charge is -2.26. The van der Waals surface area contributed by atoms with Gasteiger partial charge in [-0.3, -0.25) is 0 Å². The van der Waals surface area contributed by atoms with E-state index < -0.39 is 0 Å². The maximum absolute atomic E-state index is 5.71. The Kier molecular flexibility index (Phi) is 2.01. The summed E-state index contributed by atoms with van der Waals surface area (Å²) in [5.74, 6) is 0.895. The molecule has 2 rings (SSSR count). The molecular formula is C8H13BrO. The molecule has 2 fully saturated rings. The molecule has 0 radical (unpaired) electrons. The predicted octanol–water partition coefficient (Wildman–Crippen LogP) is 2.34. The molecule has 2 aliphatic heterocycles. The normalized spacial score (nSPS) is 45.9. The lowest BCUT2D eigenvalue weighted by atomic mass is 9.98. The first-order chi connectivity index (χ1) is 4.88. The monoisotopic (exact) mass is 204 g/mol. The average molecular weight is 205 g/mol. The molecular weight excluding hydrogens is 192 g/mol. The van der Waals surface area contributed by atoms with Gasteiger partial charge in [0.15, 0.2) is 0 Å². The Bertz CT molecular complexity index is 114.